The molecule has 0 aliphatic carbocycles. The van der Waals surface area contributed by atoms with Crippen molar-refractivity contribution < 1.29 is 9.21 Å². The Balaban J connectivity index is 1.45. The molecule has 1 aliphatic heterocycles. The number of hydrogen-bond acceptors (Lipinski definition) is 6. The van der Waals surface area contributed by atoms with Gasteiger partial charge in [0.25, 0.3) is 5.22 Å². The van der Waals surface area contributed by atoms with Gasteiger partial charge in [0.2, 0.25) is 11.8 Å². The van der Waals surface area contributed by atoms with Crippen LogP contribution in [0.25, 0.3) is 11.5 Å². The lowest BCUT2D eigenvalue weighted by atomic mass is 10.2. The van der Waals surface area contributed by atoms with Gasteiger partial charge in [-0.3, -0.25) is 4.79 Å². The van der Waals surface area contributed by atoms with Crippen molar-refractivity contribution in [3.63, 3.8) is 0 Å². The molecule has 0 radical (unpaired) electrons. The molecule has 0 saturated carbocycles. The predicted molar refractivity (Wildman–Crippen MR) is 109 cm³/mol. The predicted octanol–water partition coefficient (Wildman–Crippen LogP) is 4.75. The number of rotatable bonds is 4. The van der Waals surface area contributed by atoms with E-state index >= 15 is 0 Å². The monoisotopic (exact) mass is 397 g/mol. The standard InChI is InChI=1S/C20H19N3O2S2/c1-14-11-12-23(16-9-5-6-10-17(16)27-14)18(24)13-26-20-22-21-19(25-20)15-7-3-2-4-8-15/h2-10,14H,11-13H2,1H3/t14-/m0/s1. The molecule has 0 bridgehead atoms. The molecule has 1 aromatic heterocycles. The second-order valence-corrected chi connectivity index (χ2v) is 8.66. The molecule has 1 amide bonds. The van der Waals surface area contributed by atoms with Gasteiger partial charge in [-0.1, -0.05) is 49.0 Å². The van der Waals surface area contributed by atoms with Gasteiger partial charge in [-0.15, -0.1) is 22.0 Å². The maximum Gasteiger partial charge on any atom is 0.277 e. The van der Waals surface area contributed by atoms with Crippen LogP contribution in [0.3, 0.4) is 0 Å². The Morgan fingerprint density at radius 2 is 1.96 bits per heavy atom. The summed E-state index contributed by atoms with van der Waals surface area (Å²) in [7, 11) is 0. The van der Waals surface area contributed by atoms with E-state index in [1.54, 1.807) is 0 Å². The first-order valence-corrected chi connectivity index (χ1v) is 10.6. The van der Waals surface area contributed by atoms with E-state index in [-0.39, 0.29) is 11.7 Å². The van der Waals surface area contributed by atoms with Crippen molar-refractivity contribution in [1.82, 2.24) is 10.2 Å². The Bertz CT molecular complexity index is 930. The van der Waals surface area contributed by atoms with Crippen LogP contribution in [0.4, 0.5) is 5.69 Å². The molecule has 138 valence electrons. The first-order chi connectivity index (χ1) is 13.2. The topological polar surface area (TPSA) is 59.2 Å². The largest absolute Gasteiger partial charge is 0.411 e. The van der Waals surface area contributed by atoms with Gasteiger partial charge in [0, 0.05) is 22.3 Å². The van der Waals surface area contributed by atoms with E-state index in [9.17, 15) is 4.79 Å². The minimum absolute atomic E-state index is 0.0570. The first kappa shape index (κ1) is 18.1. The van der Waals surface area contributed by atoms with Gasteiger partial charge >= 0.3 is 0 Å². The number of thioether (sulfide) groups is 2. The van der Waals surface area contributed by atoms with E-state index < -0.39 is 0 Å². The molecule has 1 aliphatic rings. The number of aromatic nitrogens is 2. The van der Waals surface area contributed by atoms with E-state index in [0.29, 0.717) is 16.4 Å². The fraction of sp³-hybridized carbons (Fsp3) is 0.250. The molecule has 0 spiro atoms. The molecule has 0 fully saturated rings. The summed E-state index contributed by atoms with van der Waals surface area (Å²) in [6, 6.07) is 17.7. The highest BCUT2D eigenvalue weighted by Gasteiger charge is 2.24. The molecule has 0 unspecified atom stereocenters. The van der Waals surface area contributed by atoms with E-state index in [0.717, 1.165) is 29.1 Å². The van der Waals surface area contributed by atoms with Crippen LogP contribution >= 0.6 is 23.5 Å². The molecule has 5 nitrogen and oxygen atoms in total. The summed E-state index contributed by atoms with van der Waals surface area (Å²) in [5, 5.41) is 9.03. The summed E-state index contributed by atoms with van der Waals surface area (Å²) in [5.41, 5.74) is 1.86. The van der Waals surface area contributed by atoms with Crippen LogP contribution in [0, 0.1) is 0 Å². The molecule has 4 rings (SSSR count). The summed E-state index contributed by atoms with van der Waals surface area (Å²) in [6.07, 6.45) is 0.967. The zero-order chi connectivity index (χ0) is 18.6. The summed E-state index contributed by atoms with van der Waals surface area (Å²) in [6.45, 7) is 2.93. The smallest absolute Gasteiger partial charge is 0.277 e. The third-order valence-corrected chi connectivity index (χ3v) is 6.33. The number of fused-ring (bicyclic) bond motifs is 1. The fourth-order valence-corrected chi connectivity index (χ4v) is 4.66. The zero-order valence-electron chi connectivity index (χ0n) is 14.9. The number of anilines is 1. The highest BCUT2D eigenvalue weighted by atomic mass is 32.2. The summed E-state index contributed by atoms with van der Waals surface area (Å²) in [4.78, 5) is 15.9. The number of hydrogen-bond donors (Lipinski definition) is 0. The lowest BCUT2D eigenvalue weighted by Gasteiger charge is -2.22. The normalized spacial score (nSPS) is 16.6. The fourth-order valence-electron chi connectivity index (χ4n) is 2.91. The van der Waals surface area contributed by atoms with Crippen molar-refractivity contribution in [2.24, 2.45) is 0 Å². The van der Waals surface area contributed by atoms with E-state index in [1.165, 1.54) is 11.8 Å². The highest BCUT2D eigenvalue weighted by molar-refractivity contribution is 8.00. The third-order valence-electron chi connectivity index (χ3n) is 4.29. The molecule has 27 heavy (non-hydrogen) atoms. The lowest BCUT2D eigenvalue weighted by Crippen LogP contribution is -2.33. The maximum atomic E-state index is 12.9. The average molecular weight is 398 g/mol. The molecule has 7 heteroatoms. The van der Waals surface area contributed by atoms with Gasteiger partial charge in [0.05, 0.1) is 11.4 Å². The van der Waals surface area contributed by atoms with Crippen molar-refractivity contribution in [3.05, 3.63) is 54.6 Å². The van der Waals surface area contributed by atoms with Crippen molar-refractivity contribution in [3.8, 4) is 11.5 Å². The number of para-hydroxylation sites is 1. The van der Waals surface area contributed by atoms with Gasteiger partial charge in [-0.05, 0) is 30.7 Å². The van der Waals surface area contributed by atoms with Crippen LogP contribution < -0.4 is 4.90 Å². The quantitative estimate of drug-likeness (QED) is 0.592. The van der Waals surface area contributed by atoms with E-state index in [2.05, 4.69) is 23.2 Å². The number of nitrogens with zero attached hydrogens (tertiary/aromatic N) is 3. The van der Waals surface area contributed by atoms with Crippen molar-refractivity contribution >= 4 is 35.1 Å². The molecule has 0 N–H and O–H groups in total. The summed E-state index contributed by atoms with van der Waals surface area (Å²) >= 11 is 3.11. The van der Waals surface area contributed by atoms with Gasteiger partial charge in [-0.2, -0.15) is 0 Å². The highest BCUT2D eigenvalue weighted by Crippen LogP contribution is 2.37. The first-order valence-electron chi connectivity index (χ1n) is 8.78. The number of amides is 1. The summed E-state index contributed by atoms with van der Waals surface area (Å²) in [5.74, 6) is 0.793. The minimum atomic E-state index is 0.0570. The minimum Gasteiger partial charge on any atom is -0.411 e. The lowest BCUT2D eigenvalue weighted by molar-refractivity contribution is -0.116. The van der Waals surface area contributed by atoms with Crippen LogP contribution in [0.1, 0.15) is 13.3 Å². The average Bonchev–Trinajstić information content (AvgIpc) is 3.10. The number of carbonyl (C=O) groups is 1. The molecule has 0 saturated heterocycles. The van der Waals surface area contributed by atoms with Crippen LogP contribution in [-0.2, 0) is 4.79 Å². The number of carbonyl (C=O) groups excluding carboxylic acids is 1. The molecular formula is C20H19N3O2S2. The van der Waals surface area contributed by atoms with Crippen LogP contribution in [0.5, 0.6) is 0 Å². The third kappa shape index (κ3) is 4.20. The van der Waals surface area contributed by atoms with Crippen molar-refractivity contribution in [1.29, 1.82) is 0 Å². The SMILES string of the molecule is C[C@H]1CCN(C(=O)CSc2nnc(-c3ccccc3)o2)c2ccccc2S1. The summed E-state index contributed by atoms with van der Waals surface area (Å²) < 4.78 is 5.68. The molecule has 3 aromatic rings. The van der Waals surface area contributed by atoms with E-state index in [4.69, 9.17) is 4.42 Å². The van der Waals surface area contributed by atoms with Gasteiger partial charge in [0.1, 0.15) is 0 Å². The molecule has 2 heterocycles. The van der Waals surface area contributed by atoms with Crippen LogP contribution in [0.15, 0.2) is 69.1 Å². The molecule has 1 atom stereocenters. The van der Waals surface area contributed by atoms with Crippen molar-refractivity contribution in [2.45, 2.75) is 28.7 Å². The molecule has 2 aromatic carbocycles. The Morgan fingerprint density at radius 3 is 2.81 bits per heavy atom. The number of benzene rings is 2. The van der Waals surface area contributed by atoms with Crippen LogP contribution in [0.2, 0.25) is 0 Å². The van der Waals surface area contributed by atoms with Gasteiger partial charge in [0.15, 0.2) is 0 Å². The van der Waals surface area contributed by atoms with Gasteiger partial charge in [-0.25, -0.2) is 0 Å². The van der Waals surface area contributed by atoms with Crippen molar-refractivity contribution in [2.75, 3.05) is 17.2 Å². The Morgan fingerprint density at radius 1 is 1.19 bits per heavy atom. The Kier molecular flexibility index (Phi) is 5.50. The Labute approximate surface area is 166 Å². The maximum absolute atomic E-state index is 12.9. The Hall–Kier alpha value is -2.25. The molecular weight excluding hydrogens is 378 g/mol. The second kappa shape index (κ2) is 8.19. The van der Waals surface area contributed by atoms with Gasteiger partial charge < -0.3 is 9.32 Å². The second-order valence-electron chi connectivity index (χ2n) is 6.26. The van der Waals surface area contributed by atoms with E-state index in [1.807, 2.05) is 65.2 Å². The van der Waals surface area contributed by atoms with Crippen LogP contribution in [-0.4, -0.2) is 33.7 Å². The zero-order valence-corrected chi connectivity index (χ0v) is 16.5.